The van der Waals surface area contributed by atoms with Crippen molar-refractivity contribution in [1.29, 1.82) is 0 Å². The molecule has 0 aromatic carbocycles. The number of aliphatic carboxylic acids is 1. The molecule has 0 aromatic rings. The minimum absolute atomic E-state index is 0.0937. The van der Waals surface area contributed by atoms with E-state index >= 15 is 0 Å². The molecule has 0 bridgehead atoms. The second-order valence-corrected chi connectivity index (χ2v) is 4.27. The van der Waals surface area contributed by atoms with Crippen molar-refractivity contribution < 1.29 is 14.7 Å². The van der Waals surface area contributed by atoms with Crippen molar-refractivity contribution in [3.05, 3.63) is 0 Å². The summed E-state index contributed by atoms with van der Waals surface area (Å²) in [4.78, 5) is 23.5. The molecule has 1 heterocycles. The van der Waals surface area contributed by atoms with Gasteiger partial charge in [0.15, 0.2) is 0 Å². The Bertz CT molecular complexity index is 232. The van der Waals surface area contributed by atoms with Gasteiger partial charge in [-0.05, 0) is 12.3 Å². The topological polar surface area (TPSA) is 57.6 Å². The molecule has 0 spiro atoms. The number of carboxylic acids is 1. The van der Waals surface area contributed by atoms with Gasteiger partial charge in [-0.1, -0.05) is 13.8 Å². The van der Waals surface area contributed by atoms with Gasteiger partial charge in [-0.15, -0.1) is 0 Å². The van der Waals surface area contributed by atoms with E-state index < -0.39 is 5.97 Å². The third kappa shape index (κ3) is 2.72. The van der Waals surface area contributed by atoms with Crippen LogP contribution in [0.4, 0.5) is 0 Å². The van der Waals surface area contributed by atoms with Crippen LogP contribution in [0.2, 0.25) is 0 Å². The molecule has 1 N–H and O–H groups in total. The van der Waals surface area contributed by atoms with Crippen LogP contribution in [0.3, 0.4) is 0 Å². The number of nitrogens with zero attached hydrogens (tertiary/aromatic N) is 1. The minimum atomic E-state index is -0.794. The smallest absolute Gasteiger partial charge is 0.310 e. The molecule has 4 heteroatoms. The number of rotatable bonds is 4. The standard InChI is InChI=1S/C10H17NO3/c1-7(2)3-4-9(12)11-5-8(6-11)10(13)14/h7-8H,3-6H2,1-2H3,(H,13,14). The fraction of sp³-hybridized carbons (Fsp3) is 0.800. The first kappa shape index (κ1) is 11.0. The summed E-state index contributed by atoms with van der Waals surface area (Å²) in [5.41, 5.74) is 0. The predicted octanol–water partition coefficient (Wildman–Crippen LogP) is 0.966. The molecule has 0 aromatic heterocycles. The maximum Gasteiger partial charge on any atom is 0.310 e. The number of hydrogen-bond donors (Lipinski definition) is 1. The molecule has 0 radical (unpaired) electrons. The van der Waals surface area contributed by atoms with E-state index in [0.717, 1.165) is 6.42 Å². The molecular weight excluding hydrogens is 182 g/mol. The van der Waals surface area contributed by atoms with Crippen molar-refractivity contribution in [2.24, 2.45) is 11.8 Å². The first-order valence-corrected chi connectivity index (χ1v) is 5.01. The molecule has 4 nitrogen and oxygen atoms in total. The first-order chi connectivity index (χ1) is 6.50. The molecule has 0 unspecified atom stereocenters. The zero-order valence-electron chi connectivity index (χ0n) is 8.69. The van der Waals surface area contributed by atoms with E-state index in [2.05, 4.69) is 13.8 Å². The van der Waals surface area contributed by atoms with Crippen LogP contribution in [-0.2, 0) is 9.59 Å². The minimum Gasteiger partial charge on any atom is -0.481 e. The van der Waals surface area contributed by atoms with Crippen molar-refractivity contribution in [3.8, 4) is 0 Å². The highest BCUT2D eigenvalue weighted by Crippen LogP contribution is 2.18. The number of carbonyl (C=O) groups excluding carboxylic acids is 1. The second kappa shape index (κ2) is 4.44. The third-order valence-corrected chi connectivity index (χ3v) is 2.52. The van der Waals surface area contributed by atoms with Crippen LogP contribution in [-0.4, -0.2) is 35.0 Å². The van der Waals surface area contributed by atoms with Crippen LogP contribution >= 0.6 is 0 Å². The Labute approximate surface area is 83.9 Å². The van der Waals surface area contributed by atoms with E-state index in [-0.39, 0.29) is 11.8 Å². The summed E-state index contributed by atoms with van der Waals surface area (Å²) in [5, 5.41) is 8.61. The molecular formula is C10H17NO3. The number of hydrogen-bond acceptors (Lipinski definition) is 2. The summed E-state index contributed by atoms with van der Waals surface area (Å²) in [6, 6.07) is 0. The molecule has 0 saturated carbocycles. The molecule has 1 aliphatic heterocycles. The van der Waals surface area contributed by atoms with Gasteiger partial charge in [0.1, 0.15) is 0 Å². The lowest BCUT2D eigenvalue weighted by molar-refractivity contribution is -0.152. The van der Waals surface area contributed by atoms with Crippen LogP contribution in [0.25, 0.3) is 0 Å². The molecule has 0 aliphatic carbocycles. The summed E-state index contributed by atoms with van der Waals surface area (Å²) in [5.74, 6) is -0.511. The maximum atomic E-state index is 11.4. The van der Waals surface area contributed by atoms with E-state index in [1.165, 1.54) is 0 Å². The fourth-order valence-corrected chi connectivity index (χ4v) is 1.41. The molecule has 1 amide bonds. The highest BCUT2D eigenvalue weighted by Gasteiger charge is 2.34. The van der Waals surface area contributed by atoms with Gasteiger partial charge in [0, 0.05) is 19.5 Å². The number of carbonyl (C=O) groups is 2. The number of likely N-dealkylation sites (tertiary alicyclic amines) is 1. The largest absolute Gasteiger partial charge is 0.481 e. The Kier molecular flexibility index (Phi) is 3.49. The Morgan fingerprint density at radius 1 is 1.43 bits per heavy atom. The Balaban J connectivity index is 2.19. The van der Waals surface area contributed by atoms with Gasteiger partial charge < -0.3 is 10.0 Å². The average Bonchev–Trinajstić information content (AvgIpc) is 1.97. The van der Waals surface area contributed by atoms with E-state index in [1.54, 1.807) is 4.90 Å². The third-order valence-electron chi connectivity index (χ3n) is 2.52. The summed E-state index contributed by atoms with van der Waals surface area (Å²) in [6.07, 6.45) is 1.43. The molecule has 1 aliphatic rings. The average molecular weight is 199 g/mol. The Morgan fingerprint density at radius 2 is 2.00 bits per heavy atom. The molecule has 14 heavy (non-hydrogen) atoms. The van der Waals surface area contributed by atoms with Crippen LogP contribution < -0.4 is 0 Å². The normalized spacial score (nSPS) is 16.9. The Morgan fingerprint density at radius 3 is 2.43 bits per heavy atom. The number of carboxylic acid groups (broad SMARTS) is 1. The van der Waals surface area contributed by atoms with Crippen LogP contribution in [0.15, 0.2) is 0 Å². The summed E-state index contributed by atoms with van der Waals surface area (Å²) >= 11 is 0. The lowest BCUT2D eigenvalue weighted by Crippen LogP contribution is -2.53. The van der Waals surface area contributed by atoms with Gasteiger partial charge in [0.25, 0.3) is 0 Å². The maximum absolute atomic E-state index is 11.4. The van der Waals surface area contributed by atoms with Gasteiger partial charge in [0.2, 0.25) is 5.91 Å². The van der Waals surface area contributed by atoms with Gasteiger partial charge in [0.05, 0.1) is 5.92 Å². The molecule has 80 valence electrons. The predicted molar refractivity (Wildman–Crippen MR) is 51.8 cm³/mol. The summed E-state index contributed by atoms with van der Waals surface area (Å²) in [6.45, 7) is 4.94. The van der Waals surface area contributed by atoms with Crippen molar-refractivity contribution >= 4 is 11.9 Å². The van der Waals surface area contributed by atoms with Crippen LogP contribution in [0.5, 0.6) is 0 Å². The van der Waals surface area contributed by atoms with E-state index in [9.17, 15) is 9.59 Å². The lowest BCUT2D eigenvalue weighted by Gasteiger charge is -2.36. The quantitative estimate of drug-likeness (QED) is 0.733. The van der Waals surface area contributed by atoms with Gasteiger partial charge in [-0.25, -0.2) is 0 Å². The first-order valence-electron chi connectivity index (χ1n) is 5.01. The van der Waals surface area contributed by atoms with E-state index in [4.69, 9.17) is 5.11 Å². The molecule has 1 rings (SSSR count). The SMILES string of the molecule is CC(C)CCC(=O)N1CC(C(=O)O)C1. The van der Waals surface area contributed by atoms with Gasteiger partial charge >= 0.3 is 5.97 Å². The van der Waals surface area contributed by atoms with Crippen molar-refractivity contribution in [2.75, 3.05) is 13.1 Å². The van der Waals surface area contributed by atoms with Crippen molar-refractivity contribution in [3.63, 3.8) is 0 Å². The van der Waals surface area contributed by atoms with Gasteiger partial charge in [-0.2, -0.15) is 0 Å². The lowest BCUT2D eigenvalue weighted by atomic mass is 9.99. The highest BCUT2D eigenvalue weighted by atomic mass is 16.4. The Hall–Kier alpha value is -1.06. The second-order valence-electron chi connectivity index (χ2n) is 4.27. The molecule has 0 atom stereocenters. The van der Waals surface area contributed by atoms with E-state index in [0.29, 0.717) is 25.4 Å². The molecule has 1 fully saturated rings. The van der Waals surface area contributed by atoms with Crippen molar-refractivity contribution in [1.82, 2.24) is 4.90 Å². The zero-order chi connectivity index (χ0) is 10.7. The van der Waals surface area contributed by atoms with Crippen LogP contribution in [0.1, 0.15) is 26.7 Å². The monoisotopic (exact) mass is 199 g/mol. The van der Waals surface area contributed by atoms with E-state index in [1.807, 2.05) is 0 Å². The number of amides is 1. The van der Waals surface area contributed by atoms with Gasteiger partial charge in [-0.3, -0.25) is 9.59 Å². The van der Waals surface area contributed by atoms with Crippen LogP contribution in [0, 0.1) is 11.8 Å². The fourth-order valence-electron chi connectivity index (χ4n) is 1.41. The summed E-state index contributed by atoms with van der Waals surface area (Å²) in [7, 11) is 0. The van der Waals surface area contributed by atoms with Crippen molar-refractivity contribution in [2.45, 2.75) is 26.7 Å². The zero-order valence-corrected chi connectivity index (χ0v) is 8.69. The highest BCUT2D eigenvalue weighted by molar-refractivity contribution is 5.80. The summed E-state index contributed by atoms with van der Waals surface area (Å²) < 4.78 is 0. The molecule has 1 saturated heterocycles.